The summed E-state index contributed by atoms with van der Waals surface area (Å²) in [6.45, 7) is 3.46. The van der Waals surface area contributed by atoms with Gasteiger partial charge < -0.3 is 4.90 Å². The van der Waals surface area contributed by atoms with Crippen LogP contribution in [0.4, 0.5) is 5.69 Å². The summed E-state index contributed by atoms with van der Waals surface area (Å²) in [5.41, 5.74) is 1.67. The average molecular weight is 324 g/mol. The Morgan fingerprint density at radius 1 is 1.04 bits per heavy atom. The summed E-state index contributed by atoms with van der Waals surface area (Å²) in [7, 11) is 3.13. The normalized spacial score (nSPS) is 11.0. The molecule has 1 aromatic carbocycles. The first-order valence-electron chi connectivity index (χ1n) is 7.88. The van der Waals surface area contributed by atoms with Crippen molar-refractivity contribution < 1.29 is 0 Å². The number of fused-ring (bicyclic) bond motifs is 1. The predicted octanol–water partition coefficient (Wildman–Crippen LogP) is 1.66. The van der Waals surface area contributed by atoms with Crippen LogP contribution in [0.15, 0.2) is 52.2 Å². The van der Waals surface area contributed by atoms with Crippen molar-refractivity contribution in [2.45, 2.75) is 13.5 Å². The Hall–Kier alpha value is -2.89. The Morgan fingerprint density at radius 2 is 1.75 bits per heavy atom. The lowest BCUT2D eigenvalue weighted by Crippen LogP contribution is -2.38. The smallest absolute Gasteiger partial charge is 0.332 e. The molecule has 0 amide bonds. The van der Waals surface area contributed by atoms with Gasteiger partial charge in [0.2, 0.25) is 0 Å². The van der Waals surface area contributed by atoms with Gasteiger partial charge in [0, 0.05) is 33.4 Å². The Labute approximate surface area is 139 Å². The summed E-state index contributed by atoms with van der Waals surface area (Å²) in [4.78, 5) is 31.2. The predicted molar refractivity (Wildman–Crippen MR) is 95.4 cm³/mol. The second-order valence-electron chi connectivity index (χ2n) is 5.73. The third-order valence-corrected chi connectivity index (χ3v) is 4.26. The first kappa shape index (κ1) is 16.0. The van der Waals surface area contributed by atoms with Crippen molar-refractivity contribution in [3.8, 4) is 0 Å². The summed E-state index contributed by atoms with van der Waals surface area (Å²) < 4.78 is 2.54. The lowest BCUT2D eigenvalue weighted by Gasteiger charge is -2.24. The summed E-state index contributed by atoms with van der Waals surface area (Å²) in [5, 5.41) is 0.472. The van der Waals surface area contributed by atoms with Crippen molar-refractivity contribution >= 4 is 16.7 Å². The second-order valence-corrected chi connectivity index (χ2v) is 5.73. The van der Waals surface area contributed by atoms with Crippen LogP contribution in [0.5, 0.6) is 0 Å². The summed E-state index contributed by atoms with van der Waals surface area (Å²) >= 11 is 0. The minimum Gasteiger partial charge on any atom is -0.367 e. The van der Waals surface area contributed by atoms with Crippen molar-refractivity contribution in [3.05, 3.63) is 69.0 Å². The maximum absolute atomic E-state index is 12.7. The molecular formula is C18H20N4O2. The number of rotatable bonds is 4. The Bertz CT molecular complexity index is 990. The van der Waals surface area contributed by atoms with Crippen molar-refractivity contribution in [2.24, 2.45) is 14.1 Å². The van der Waals surface area contributed by atoms with Gasteiger partial charge in [0.15, 0.2) is 5.65 Å². The fraction of sp³-hybridized carbons (Fsp3) is 0.278. The largest absolute Gasteiger partial charge is 0.367 e. The highest BCUT2D eigenvalue weighted by molar-refractivity contribution is 5.88. The molecular weight excluding hydrogens is 304 g/mol. The van der Waals surface area contributed by atoms with Crippen LogP contribution in [0.2, 0.25) is 0 Å². The van der Waals surface area contributed by atoms with Gasteiger partial charge in [0.25, 0.3) is 5.56 Å². The van der Waals surface area contributed by atoms with E-state index in [-0.39, 0.29) is 11.2 Å². The van der Waals surface area contributed by atoms with Gasteiger partial charge in [-0.3, -0.25) is 13.9 Å². The highest BCUT2D eigenvalue weighted by Gasteiger charge is 2.17. The van der Waals surface area contributed by atoms with E-state index in [4.69, 9.17) is 0 Å². The van der Waals surface area contributed by atoms with Gasteiger partial charge in [0.05, 0.1) is 5.69 Å². The summed E-state index contributed by atoms with van der Waals surface area (Å²) in [5.74, 6) is 0. The number of aryl methyl sites for hydroxylation is 1. The van der Waals surface area contributed by atoms with E-state index in [1.165, 1.54) is 11.6 Å². The molecule has 0 spiro atoms. The Kier molecular flexibility index (Phi) is 4.20. The lowest BCUT2D eigenvalue weighted by molar-refractivity contribution is 0.706. The first-order chi connectivity index (χ1) is 11.5. The fourth-order valence-electron chi connectivity index (χ4n) is 2.91. The molecule has 0 saturated carbocycles. The molecule has 2 heterocycles. The second kappa shape index (κ2) is 6.31. The van der Waals surface area contributed by atoms with Crippen LogP contribution in [0.3, 0.4) is 0 Å². The SMILES string of the molecule is CCN(Cc1ccccc1)c1ccnc2c1c(=O)n(C)c(=O)n2C. The Balaban J connectivity index is 2.22. The molecule has 0 aliphatic carbocycles. The van der Waals surface area contributed by atoms with Gasteiger partial charge in [0.1, 0.15) is 5.39 Å². The summed E-state index contributed by atoms with van der Waals surface area (Å²) in [6, 6.07) is 11.9. The first-order valence-corrected chi connectivity index (χ1v) is 7.88. The molecule has 124 valence electrons. The number of pyridine rings is 1. The average Bonchev–Trinajstić information content (AvgIpc) is 2.63. The van der Waals surface area contributed by atoms with Gasteiger partial charge in [-0.2, -0.15) is 0 Å². The molecule has 0 saturated heterocycles. The fourth-order valence-corrected chi connectivity index (χ4v) is 2.91. The van der Waals surface area contributed by atoms with Gasteiger partial charge in [-0.05, 0) is 18.6 Å². The maximum atomic E-state index is 12.7. The van der Waals surface area contributed by atoms with E-state index in [1.54, 1.807) is 13.2 Å². The number of hydrogen-bond acceptors (Lipinski definition) is 4. The van der Waals surface area contributed by atoms with Crippen molar-refractivity contribution in [1.82, 2.24) is 14.1 Å². The molecule has 6 nitrogen and oxygen atoms in total. The van der Waals surface area contributed by atoms with Crippen LogP contribution in [-0.2, 0) is 20.6 Å². The molecule has 3 aromatic rings. The van der Waals surface area contributed by atoms with Gasteiger partial charge in [-0.15, -0.1) is 0 Å². The lowest BCUT2D eigenvalue weighted by atomic mass is 10.2. The number of benzene rings is 1. The van der Waals surface area contributed by atoms with Crippen LogP contribution in [0.1, 0.15) is 12.5 Å². The third-order valence-electron chi connectivity index (χ3n) is 4.26. The van der Waals surface area contributed by atoms with E-state index in [0.717, 1.165) is 22.4 Å². The van der Waals surface area contributed by atoms with Gasteiger partial charge in [-0.25, -0.2) is 9.78 Å². The van der Waals surface area contributed by atoms with Crippen LogP contribution in [0, 0.1) is 0 Å². The van der Waals surface area contributed by atoms with Crippen LogP contribution in [0.25, 0.3) is 11.0 Å². The molecule has 24 heavy (non-hydrogen) atoms. The molecule has 0 fully saturated rings. The maximum Gasteiger partial charge on any atom is 0.332 e. The molecule has 0 aliphatic heterocycles. The van der Waals surface area contributed by atoms with Crippen molar-refractivity contribution in [2.75, 3.05) is 11.4 Å². The van der Waals surface area contributed by atoms with E-state index in [9.17, 15) is 9.59 Å². The van der Waals surface area contributed by atoms with E-state index in [2.05, 4.69) is 22.0 Å². The molecule has 0 radical (unpaired) electrons. The minimum atomic E-state index is -0.372. The minimum absolute atomic E-state index is 0.317. The highest BCUT2D eigenvalue weighted by atomic mass is 16.2. The zero-order chi connectivity index (χ0) is 17.3. The quantitative estimate of drug-likeness (QED) is 0.732. The van der Waals surface area contributed by atoms with Crippen molar-refractivity contribution in [3.63, 3.8) is 0 Å². The molecule has 0 aliphatic rings. The van der Waals surface area contributed by atoms with Crippen LogP contribution < -0.4 is 16.1 Å². The zero-order valence-corrected chi connectivity index (χ0v) is 14.1. The number of hydrogen-bond donors (Lipinski definition) is 0. The molecule has 2 aromatic heterocycles. The molecule has 0 unspecified atom stereocenters. The highest BCUT2D eigenvalue weighted by Crippen LogP contribution is 2.23. The number of aromatic nitrogens is 3. The molecule has 3 rings (SSSR count). The van der Waals surface area contributed by atoms with E-state index in [1.807, 2.05) is 31.2 Å². The standard InChI is InChI=1S/C18H20N4O2/c1-4-22(12-13-8-6-5-7-9-13)14-10-11-19-16-15(14)17(23)21(3)18(24)20(16)2/h5-11H,4,12H2,1-3H3. The topological polar surface area (TPSA) is 60.1 Å². The van der Waals surface area contributed by atoms with Crippen LogP contribution in [-0.4, -0.2) is 20.7 Å². The Morgan fingerprint density at radius 3 is 2.42 bits per heavy atom. The molecule has 0 N–H and O–H groups in total. The molecule has 0 atom stereocenters. The van der Waals surface area contributed by atoms with Gasteiger partial charge in [-0.1, -0.05) is 30.3 Å². The zero-order valence-electron chi connectivity index (χ0n) is 14.1. The van der Waals surface area contributed by atoms with Crippen molar-refractivity contribution in [1.29, 1.82) is 0 Å². The van der Waals surface area contributed by atoms with E-state index in [0.29, 0.717) is 17.6 Å². The van der Waals surface area contributed by atoms with E-state index >= 15 is 0 Å². The third kappa shape index (κ3) is 2.60. The van der Waals surface area contributed by atoms with E-state index < -0.39 is 0 Å². The number of anilines is 1. The molecule has 6 heteroatoms. The molecule has 0 bridgehead atoms. The number of nitrogens with zero attached hydrogens (tertiary/aromatic N) is 4. The van der Waals surface area contributed by atoms with Crippen LogP contribution >= 0.6 is 0 Å². The summed E-state index contributed by atoms with van der Waals surface area (Å²) in [6.07, 6.45) is 1.64. The monoisotopic (exact) mass is 324 g/mol. The van der Waals surface area contributed by atoms with Gasteiger partial charge >= 0.3 is 5.69 Å².